The smallest absolute Gasteiger partial charge is 0.0424 e. The van der Waals surface area contributed by atoms with Gasteiger partial charge >= 0.3 is 0 Å². The molecule has 0 heterocycles. The minimum Gasteiger partial charge on any atom is -0.387 e. The molecule has 2 aromatic rings. The van der Waals surface area contributed by atoms with Crippen molar-refractivity contribution in [3.63, 3.8) is 0 Å². The predicted molar refractivity (Wildman–Crippen MR) is 179 cm³/mol. The number of fused-ring (bicyclic) bond motifs is 1. The molecule has 0 saturated carbocycles. The molecule has 0 aliphatic heterocycles. The highest BCUT2D eigenvalue weighted by Crippen LogP contribution is 2.40. The van der Waals surface area contributed by atoms with Crippen LogP contribution >= 0.6 is 0 Å². The Labute approximate surface area is 242 Å². The highest BCUT2D eigenvalue weighted by Gasteiger charge is 2.24. The molecule has 0 aromatic heterocycles. The van der Waals surface area contributed by atoms with Crippen molar-refractivity contribution in [3.8, 4) is 0 Å². The molecule has 1 aliphatic rings. The van der Waals surface area contributed by atoms with Gasteiger partial charge in [-0.05, 0) is 58.4 Å². The van der Waals surface area contributed by atoms with E-state index in [4.69, 9.17) is 0 Å². The van der Waals surface area contributed by atoms with Crippen molar-refractivity contribution in [1.29, 1.82) is 0 Å². The van der Waals surface area contributed by atoms with Crippen molar-refractivity contribution in [1.82, 2.24) is 5.32 Å². The van der Waals surface area contributed by atoms with E-state index in [2.05, 4.69) is 127 Å². The number of allylic oxidation sites excluding steroid dienone is 4. The van der Waals surface area contributed by atoms with Gasteiger partial charge in [0.05, 0.1) is 0 Å². The van der Waals surface area contributed by atoms with E-state index in [1.54, 1.807) is 0 Å². The molecule has 0 atom stereocenters. The van der Waals surface area contributed by atoms with Crippen LogP contribution in [-0.2, 0) is 12.8 Å². The Morgan fingerprint density at radius 3 is 2.03 bits per heavy atom. The summed E-state index contributed by atoms with van der Waals surface area (Å²) in [6, 6.07) is 13.5. The molecule has 0 radical (unpaired) electrons. The monoisotopic (exact) mass is 530 g/mol. The van der Waals surface area contributed by atoms with E-state index in [0.717, 1.165) is 32.4 Å². The molecule has 0 fully saturated rings. The van der Waals surface area contributed by atoms with Crippen molar-refractivity contribution in [3.05, 3.63) is 88.1 Å². The molecular weight excluding hydrogens is 472 g/mol. The van der Waals surface area contributed by atoms with E-state index in [9.17, 15) is 0 Å². The zero-order valence-corrected chi connectivity index (χ0v) is 27.3. The fourth-order valence-electron chi connectivity index (χ4n) is 4.54. The number of hydrogen-bond acceptors (Lipinski definition) is 2. The van der Waals surface area contributed by atoms with Crippen molar-refractivity contribution >= 4 is 17.3 Å². The maximum atomic E-state index is 3.90. The predicted octanol–water partition coefficient (Wildman–Crippen LogP) is 10.7. The number of anilines is 1. The van der Waals surface area contributed by atoms with Crippen LogP contribution in [0.2, 0.25) is 0 Å². The van der Waals surface area contributed by atoms with E-state index in [1.165, 1.54) is 44.8 Å². The fourth-order valence-corrected chi connectivity index (χ4v) is 4.54. The summed E-state index contributed by atoms with van der Waals surface area (Å²) in [7, 11) is 0. The van der Waals surface area contributed by atoms with E-state index < -0.39 is 0 Å². The standard InChI is InChI=1S/C33H46N2.2C2H6/c1-9-24-16-14-15-19-26(24)30(28(10-2)34-22-32(3,4)5)31-27-18-13-11-12-17-25(27)20-21-29(31)35-23-33(6,7)8;2*1-2/h11-17,19-21,34-35H,9-10,18,22-23H2,1-8H3;2*1-2H3/b30-28-;;. The Bertz CT molecular complexity index is 1100. The van der Waals surface area contributed by atoms with Gasteiger partial charge in [-0.3, -0.25) is 0 Å². The zero-order chi connectivity index (χ0) is 29.6. The summed E-state index contributed by atoms with van der Waals surface area (Å²) in [5.74, 6) is 0. The number of rotatable bonds is 8. The molecule has 216 valence electrons. The maximum absolute atomic E-state index is 3.90. The van der Waals surface area contributed by atoms with Gasteiger partial charge in [0.2, 0.25) is 0 Å². The maximum Gasteiger partial charge on any atom is 0.0424 e. The zero-order valence-electron chi connectivity index (χ0n) is 27.3. The first-order chi connectivity index (χ1) is 18.5. The molecule has 2 heteroatoms. The molecule has 1 aliphatic carbocycles. The Balaban J connectivity index is 0.00000181. The second-order valence-electron chi connectivity index (χ2n) is 12.1. The van der Waals surface area contributed by atoms with Gasteiger partial charge in [-0.2, -0.15) is 0 Å². The van der Waals surface area contributed by atoms with Crippen molar-refractivity contribution in [2.75, 3.05) is 18.4 Å². The van der Waals surface area contributed by atoms with Gasteiger partial charge < -0.3 is 10.6 Å². The molecule has 2 nitrogen and oxygen atoms in total. The number of aryl methyl sites for hydroxylation is 1. The van der Waals surface area contributed by atoms with E-state index in [0.29, 0.717) is 0 Å². The van der Waals surface area contributed by atoms with Crippen LogP contribution in [0.15, 0.2) is 60.3 Å². The van der Waals surface area contributed by atoms with Crippen LogP contribution in [0.3, 0.4) is 0 Å². The third-order valence-electron chi connectivity index (χ3n) is 6.41. The summed E-state index contributed by atoms with van der Waals surface area (Å²) in [5, 5.41) is 7.75. The second-order valence-corrected chi connectivity index (χ2v) is 12.1. The van der Waals surface area contributed by atoms with Crippen molar-refractivity contribution in [2.45, 2.75) is 102 Å². The SMILES string of the molecule is CC.CC.CC/C(NCC(C)(C)C)=C(\c1ccccc1CC)c1c(NCC(C)(C)C)ccc2c1CC=CC=C2. The van der Waals surface area contributed by atoms with Crippen LogP contribution < -0.4 is 10.6 Å². The summed E-state index contributed by atoms with van der Waals surface area (Å²) in [5.41, 5.74) is 11.1. The highest BCUT2D eigenvalue weighted by atomic mass is 14.9. The van der Waals surface area contributed by atoms with Gasteiger partial charge in [-0.15, -0.1) is 0 Å². The summed E-state index contributed by atoms with van der Waals surface area (Å²) in [4.78, 5) is 0. The number of benzene rings is 2. The Kier molecular flexibility index (Phi) is 14.4. The Hall–Kier alpha value is -2.74. The van der Waals surface area contributed by atoms with Gasteiger partial charge in [0.1, 0.15) is 0 Å². The van der Waals surface area contributed by atoms with Gasteiger partial charge in [-0.1, -0.05) is 138 Å². The lowest BCUT2D eigenvalue weighted by atomic mass is 9.84. The highest BCUT2D eigenvalue weighted by molar-refractivity contribution is 5.92. The number of nitrogens with one attached hydrogen (secondary N) is 2. The van der Waals surface area contributed by atoms with Crippen LogP contribution in [0.25, 0.3) is 11.6 Å². The average Bonchev–Trinajstić information content (AvgIpc) is 3.17. The molecule has 0 saturated heterocycles. The van der Waals surface area contributed by atoms with Crippen LogP contribution in [0.4, 0.5) is 5.69 Å². The molecule has 0 amide bonds. The summed E-state index contributed by atoms with van der Waals surface area (Å²) >= 11 is 0. The third kappa shape index (κ3) is 10.4. The van der Waals surface area contributed by atoms with Gasteiger partial charge in [0.25, 0.3) is 0 Å². The molecule has 0 spiro atoms. The van der Waals surface area contributed by atoms with Gasteiger partial charge in [0.15, 0.2) is 0 Å². The van der Waals surface area contributed by atoms with Gasteiger partial charge in [0, 0.05) is 35.6 Å². The van der Waals surface area contributed by atoms with E-state index in [-0.39, 0.29) is 10.8 Å². The fraction of sp³-hybridized carbons (Fsp3) is 0.514. The largest absolute Gasteiger partial charge is 0.387 e. The topological polar surface area (TPSA) is 24.1 Å². The third-order valence-corrected chi connectivity index (χ3v) is 6.41. The quantitative estimate of drug-likeness (QED) is 0.354. The first-order valence-electron chi connectivity index (χ1n) is 15.3. The number of hydrogen-bond donors (Lipinski definition) is 2. The first-order valence-corrected chi connectivity index (χ1v) is 15.3. The lowest BCUT2D eigenvalue weighted by Crippen LogP contribution is -2.27. The van der Waals surface area contributed by atoms with Crippen LogP contribution in [0, 0.1) is 10.8 Å². The molecule has 0 bridgehead atoms. The van der Waals surface area contributed by atoms with Crippen molar-refractivity contribution in [2.24, 2.45) is 10.8 Å². The van der Waals surface area contributed by atoms with Crippen LogP contribution in [0.1, 0.15) is 117 Å². The Morgan fingerprint density at radius 2 is 1.44 bits per heavy atom. The molecule has 0 unspecified atom stereocenters. The molecular formula is C37H58N2. The summed E-state index contributed by atoms with van der Waals surface area (Å²) in [6.07, 6.45) is 11.8. The average molecular weight is 531 g/mol. The minimum atomic E-state index is 0.188. The Morgan fingerprint density at radius 1 is 0.795 bits per heavy atom. The van der Waals surface area contributed by atoms with E-state index >= 15 is 0 Å². The summed E-state index contributed by atoms with van der Waals surface area (Å²) in [6.45, 7) is 28.2. The lowest BCUT2D eigenvalue weighted by Gasteiger charge is -2.28. The lowest BCUT2D eigenvalue weighted by molar-refractivity contribution is 0.395. The molecule has 39 heavy (non-hydrogen) atoms. The minimum absolute atomic E-state index is 0.188. The van der Waals surface area contributed by atoms with Gasteiger partial charge in [-0.25, -0.2) is 0 Å². The van der Waals surface area contributed by atoms with Crippen molar-refractivity contribution < 1.29 is 0 Å². The second kappa shape index (κ2) is 16.4. The van der Waals surface area contributed by atoms with Crippen LogP contribution in [0.5, 0.6) is 0 Å². The molecule has 2 N–H and O–H groups in total. The summed E-state index contributed by atoms with van der Waals surface area (Å²) < 4.78 is 0. The molecule has 2 aromatic carbocycles. The normalized spacial score (nSPS) is 13.1. The van der Waals surface area contributed by atoms with Crippen LogP contribution in [-0.4, -0.2) is 13.1 Å². The van der Waals surface area contributed by atoms with E-state index in [1.807, 2.05) is 27.7 Å². The first kappa shape index (κ1) is 34.3. The molecule has 3 rings (SSSR count).